The molecule has 3 rings (SSSR count). The summed E-state index contributed by atoms with van der Waals surface area (Å²) in [5.74, 6) is -1.06. The highest BCUT2D eigenvalue weighted by Crippen LogP contribution is 2.24. The lowest BCUT2D eigenvalue weighted by atomic mass is 10.1. The van der Waals surface area contributed by atoms with E-state index in [1.165, 1.54) is 11.6 Å². The number of hydrazone groups is 1. The molecule has 0 bridgehead atoms. The zero-order valence-electron chi connectivity index (χ0n) is 15.0. The van der Waals surface area contributed by atoms with E-state index in [1.54, 1.807) is 0 Å². The molecule has 2 aromatic rings. The van der Waals surface area contributed by atoms with Gasteiger partial charge in [0, 0.05) is 49.4 Å². The van der Waals surface area contributed by atoms with E-state index in [1.807, 2.05) is 29.2 Å². The molecule has 0 unspecified atom stereocenters. The lowest BCUT2D eigenvalue weighted by molar-refractivity contribution is 0.249. The standard InChI is InChI=1S/C19H20ClF2N5S/c20-15-3-1-13(2-4-15)12-26-5-7-27(8-6-26)18-10-16(21)14(9-17(18)22)11-24-25-19(23)28/h1-4,9-11H,5-8,12H2,(H3,23,25,28). The van der Waals surface area contributed by atoms with Gasteiger partial charge in [0.2, 0.25) is 0 Å². The third-order valence-corrected chi connectivity index (χ3v) is 4.82. The summed E-state index contributed by atoms with van der Waals surface area (Å²) in [6, 6.07) is 10.0. The molecular formula is C19H20ClF2N5S. The van der Waals surface area contributed by atoms with Gasteiger partial charge in [-0.25, -0.2) is 8.78 Å². The van der Waals surface area contributed by atoms with Gasteiger partial charge in [-0.15, -0.1) is 0 Å². The van der Waals surface area contributed by atoms with Crippen molar-refractivity contribution >= 4 is 40.8 Å². The van der Waals surface area contributed by atoms with E-state index in [-0.39, 0.29) is 16.4 Å². The minimum Gasteiger partial charge on any atom is -0.375 e. The van der Waals surface area contributed by atoms with Crippen LogP contribution < -0.4 is 16.1 Å². The molecule has 148 valence electrons. The van der Waals surface area contributed by atoms with Gasteiger partial charge in [0.15, 0.2) is 5.11 Å². The molecule has 1 saturated heterocycles. The number of anilines is 1. The smallest absolute Gasteiger partial charge is 0.184 e. The van der Waals surface area contributed by atoms with Crippen molar-refractivity contribution < 1.29 is 8.78 Å². The van der Waals surface area contributed by atoms with E-state index in [2.05, 4.69) is 27.6 Å². The van der Waals surface area contributed by atoms with Crippen molar-refractivity contribution in [3.63, 3.8) is 0 Å². The third kappa shape index (κ3) is 5.37. The van der Waals surface area contributed by atoms with Crippen molar-refractivity contribution in [3.05, 3.63) is 64.2 Å². The van der Waals surface area contributed by atoms with Gasteiger partial charge in [-0.2, -0.15) is 5.10 Å². The van der Waals surface area contributed by atoms with Gasteiger partial charge in [0.05, 0.1) is 11.9 Å². The lowest BCUT2D eigenvalue weighted by Gasteiger charge is -2.36. The van der Waals surface area contributed by atoms with Gasteiger partial charge < -0.3 is 10.6 Å². The van der Waals surface area contributed by atoms with Gasteiger partial charge in [0.25, 0.3) is 0 Å². The number of piperazine rings is 1. The Morgan fingerprint density at radius 3 is 2.46 bits per heavy atom. The first kappa shape index (κ1) is 20.4. The quantitative estimate of drug-likeness (QED) is 0.439. The Balaban J connectivity index is 1.62. The first-order valence-electron chi connectivity index (χ1n) is 8.71. The van der Waals surface area contributed by atoms with Crippen molar-refractivity contribution in [2.24, 2.45) is 10.8 Å². The van der Waals surface area contributed by atoms with Crippen LogP contribution >= 0.6 is 23.8 Å². The highest BCUT2D eigenvalue weighted by atomic mass is 35.5. The summed E-state index contributed by atoms with van der Waals surface area (Å²) in [6.07, 6.45) is 1.14. The second kappa shape index (κ2) is 9.27. The number of nitrogens with zero attached hydrogens (tertiary/aromatic N) is 3. The molecule has 0 amide bonds. The van der Waals surface area contributed by atoms with Crippen molar-refractivity contribution in [2.75, 3.05) is 31.1 Å². The highest BCUT2D eigenvalue weighted by molar-refractivity contribution is 7.80. The molecule has 1 aliphatic heterocycles. The van der Waals surface area contributed by atoms with Crippen molar-refractivity contribution in [1.82, 2.24) is 10.3 Å². The zero-order chi connectivity index (χ0) is 20.1. The number of nitrogens with one attached hydrogen (secondary N) is 1. The molecule has 9 heteroatoms. The van der Waals surface area contributed by atoms with Crippen LogP contribution in [0.1, 0.15) is 11.1 Å². The second-order valence-corrected chi connectivity index (χ2v) is 7.33. The van der Waals surface area contributed by atoms with Crippen molar-refractivity contribution in [2.45, 2.75) is 6.54 Å². The topological polar surface area (TPSA) is 56.9 Å². The van der Waals surface area contributed by atoms with E-state index in [9.17, 15) is 8.78 Å². The molecule has 5 nitrogen and oxygen atoms in total. The summed E-state index contributed by atoms with van der Waals surface area (Å²) >= 11 is 10.5. The molecule has 0 aromatic heterocycles. The molecule has 1 heterocycles. The van der Waals surface area contributed by atoms with E-state index >= 15 is 0 Å². The lowest BCUT2D eigenvalue weighted by Crippen LogP contribution is -2.46. The van der Waals surface area contributed by atoms with Gasteiger partial charge in [-0.3, -0.25) is 10.3 Å². The number of hydrogen-bond donors (Lipinski definition) is 2. The second-order valence-electron chi connectivity index (χ2n) is 6.45. The Hall–Kier alpha value is -2.29. The van der Waals surface area contributed by atoms with Crippen molar-refractivity contribution in [3.8, 4) is 0 Å². The SMILES string of the molecule is NC(=S)NN=Cc1cc(F)c(N2CCN(Cc3ccc(Cl)cc3)CC2)cc1F. The molecular weight excluding hydrogens is 404 g/mol. The number of hydrogen-bond acceptors (Lipinski definition) is 4. The Morgan fingerprint density at radius 1 is 1.14 bits per heavy atom. The van der Waals surface area contributed by atoms with E-state index in [4.69, 9.17) is 17.3 Å². The van der Waals surface area contributed by atoms with Crippen LogP contribution in [0, 0.1) is 11.6 Å². The molecule has 0 spiro atoms. The molecule has 0 aliphatic carbocycles. The number of halogens is 3. The summed E-state index contributed by atoms with van der Waals surface area (Å²) in [5.41, 5.74) is 8.99. The number of benzene rings is 2. The number of thiocarbonyl (C=S) groups is 1. The largest absolute Gasteiger partial charge is 0.375 e. The van der Waals surface area contributed by atoms with Crippen LogP contribution in [0.4, 0.5) is 14.5 Å². The number of nitrogens with two attached hydrogens (primary N) is 1. The maximum atomic E-state index is 14.5. The normalized spacial score (nSPS) is 15.2. The minimum absolute atomic E-state index is 0.0198. The fourth-order valence-corrected chi connectivity index (χ4v) is 3.23. The van der Waals surface area contributed by atoms with Crippen LogP contribution in [0.3, 0.4) is 0 Å². The monoisotopic (exact) mass is 423 g/mol. The van der Waals surface area contributed by atoms with E-state index in [0.717, 1.165) is 31.9 Å². The first-order valence-corrected chi connectivity index (χ1v) is 9.50. The molecule has 1 fully saturated rings. The first-order chi connectivity index (χ1) is 13.4. The molecule has 1 aliphatic rings. The fourth-order valence-electron chi connectivity index (χ4n) is 3.05. The Morgan fingerprint density at radius 2 is 1.82 bits per heavy atom. The van der Waals surface area contributed by atoms with Crippen LogP contribution in [-0.2, 0) is 6.54 Å². The van der Waals surface area contributed by atoms with Gasteiger partial charge in [-0.1, -0.05) is 23.7 Å². The maximum absolute atomic E-state index is 14.5. The summed E-state index contributed by atoms with van der Waals surface area (Å²) < 4.78 is 28.8. The highest BCUT2D eigenvalue weighted by Gasteiger charge is 2.21. The predicted molar refractivity (Wildman–Crippen MR) is 113 cm³/mol. The maximum Gasteiger partial charge on any atom is 0.184 e. The summed E-state index contributed by atoms with van der Waals surface area (Å²) in [6.45, 7) is 3.53. The van der Waals surface area contributed by atoms with Crippen LogP contribution in [0.15, 0.2) is 41.5 Å². The van der Waals surface area contributed by atoms with Crippen LogP contribution in [0.5, 0.6) is 0 Å². The molecule has 2 aromatic carbocycles. The average Bonchev–Trinajstić information content (AvgIpc) is 2.66. The van der Waals surface area contributed by atoms with Crippen LogP contribution in [0.25, 0.3) is 0 Å². The summed E-state index contributed by atoms with van der Waals surface area (Å²) in [5, 5.41) is 4.32. The van der Waals surface area contributed by atoms with E-state index < -0.39 is 11.6 Å². The summed E-state index contributed by atoms with van der Waals surface area (Å²) in [7, 11) is 0. The van der Waals surface area contributed by atoms with Crippen LogP contribution in [-0.4, -0.2) is 42.4 Å². The molecule has 0 radical (unpaired) electrons. The van der Waals surface area contributed by atoms with Gasteiger partial charge in [-0.05, 0) is 36.0 Å². The Labute approximate surface area is 172 Å². The molecule has 0 saturated carbocycles. The van der Waals surface area contributed by atoms with Crippen molar-refractivity contribution in [1.29, 1.82) is 0 Å². The zero-order valence-corrected chi connectivity index (χ0v) is 16.6. The molecule has 28 heavy (non-hydrogen) atoms. The molecule has 0 atom stereocenters. The average molecular weight is 424 g/mol. The van der Waals surface area contributed by atoms with Gasteiger partial charge in [0.1, 0.15) is 11.6 Å². The molecule has 3 N–H and O–H groups in total. The Kier molecular flexibility index (Phi) is 6.77. The fraction of sp³-hybridized carbons (Fsp3) is 0.263. The van der Waals surface area contributed by atoms with Gasteiger partial charge >= 0.3 is 0 Å². The number of rotatable bonds is 5. The summed E-state index contributed by atoms with van der Waals surface area (Å²) in [4.78, 5) is 4.13. The van der Waals surface area contributed by atoms with Crippen LogP contribution in [0.2, 0.25) is 5.02 Å². The minimum atomic E-state index is -0.562. The third-order valence-electron chi connectivity index (χ3n) is 4.48. The predicted octanol–water partition coefficient (Wildman–Crippen LogP) is 3.11. The van der Waals surface area contributed by atoms with E-state index in [0.29, 0.717) is 18.1 Å². The Bertz CT molecular complexity index is 867.